The Bertz CT molecular complexity index is 462. The average molecular weight is 280 g/mol. The molecular formula is C10H18ClN3O2S. The van der Waals surface area contributed by atoms with Gasteiger partial charge in [0.15, 0.2) is 0 Å². The molecule has 7 heteroatoms. The van der Waals surface area contributed by atoms with Crippen LogP contribution in [0.2, 0.25) is 0 Å². The van der Waals surface area contributed by atoms with Gasteiger partial charge in [0.2, 0.25) is 10.0 Å². The first-order valence-corrected chi connectivity index (χ1v) is 7.26. The molecule has 0 aliphatic carbocycles. The first-order valence-electron chi connectivity index (χ1n) is 5.38. The minimum Gasteiger partial charge on any atom is -0.281 e. The third-order valence-electron chi connectivity index (χ3n) is 2.57. The van der Waals surface area contributed by atoms with Crippen LogP contribution in [0.15, 0.2) is 4.90 Å². The number of sulfonamides is 1. The molecule has 1 rings (SSSR count). The summed E-state index contributed by atoms with van der Waals surface area (Å²) in [4.78, 5) is 0.266. The standard InChI is InChI=1S/C10H18ClN3O2S/c1-7(11)5-6-14(4)17(15,16)10-8(2)12-13-9(10)3/h7H,5-6H2,1-4H3,(H,12,13). The van der Waals surface area contributed by atoms with Crippen molar-refractivity contribution < 1.29 is 8.42 Å². The van der Waals surface area contributed by atoms with Crippen LogP contribution in [0.25, 0.3) is 0 Å². The zero-order valence-corrected chi connectivity index (χ0v) is 12.1. The highest BCUT2D eigenvalue weighted by Crippen LogP contribution is 2.20. The van der Waals surface area contributed by atoms with E-state index in [1.165, 1.54) is 4.31 Å². The molecule has 17 heavy (non-hydrogen) atoms. The topological polar surface area (TPSA) is 66.1 Å². The molecule has 0 spiro atoms. The van der Waals surface area contributed by atoms with Gasteiger partial charge in [-0.25, -0.2) is 12.7 Å². The summed E-state index contributed by atoms with van der Waals surface area (Å²) in [6.45, 7) is 5.62. The summed E-state index contributed by atoms with van der Waals surface area (Å²) < 4.78 is 25.9. The molecule has 1 unspecified atom stereocenters. The Hall–Kier alpha value is -0.590. The van der Waals surface area contributed by atoms with Gasteiger partial charge in [-0.1, -0.05) is 0 Å². The van der Waals surface area contributed by atoms with E-state index < -0.39 is 10.0 Å². The summed E-state index contributed by atoms with van der Waals surface area (Å²) in [6, 6.07) is 0. The highest BCUT2D eigenvalue weighted by molar-refractivity contribution is 7.89. The van der Waals surface area contributed by atoms with Crippen molar-refractivity contribution in [3.8, 4) is 0 Å². The van der Waals surface area contributed by atoms with Gasteiger partial charge < -0.3 is 0 Å². The molecule has 0 saturated heterocycles. The van der Waals surface area contributed by atoms with Crippen LogP contribution in [0.5, 0.6) is 0 Å². The summed E-state index contributed by atoms with van der Waals surface area (Å²) >= 11 is 5.82. The van der Waals surface area contributed by atoms with Crippen molar-refractivity contribution in [2.75, 3.05) is 13.6 Å². The van der Waals surface area contributed by atoms with Gasteiger partial charge in [-0.15, -0.1) is 11.6 Å². The van der Waals surface area contributed by atoms with Gasteiger partial charge in [-0.05, 0) is 27.2 Å². The predicted octanol–water partition coefficient (Wildman–Crippen LogP) is 1.66. The van der Waals surface area contributed by atoms with E-state index >= 15 is 0 Å². The molecule has 98 valence electrons. The van der Waals surface area contributed by atoms with E-state index in [1.54, 1.807) is 20.9 Å². The first kappa shape index (κ1) is 14.5. The van der Waals surface area contributed by atoms with Gasteiger partial charge in [0.25, 0.3) is 0 Å². The molecule has 5 nitrogen and oxygen atoms in total. The number of aromatic amines is 1. The van der Waals surface area contributed by atoms with E-state index in [1.807, 2.05) is 6.92 Å². The molecule has 0 radical (unpaired) electrons. The fourth-order valence-electron chi connectivity index (χ4n) is 1.56. The maximum absolute atomic E-state index is 12.3. The molecule has 0 saturated carbocycles. The van der Waals surface area contributed by atoms with Crippen LogP contribution in [0.3, 0.4) is 0 Å². The number of hydrogen-bond donors (Lipinski definition) is 1. The molecule has 0 aliphatic heterocycles. The Balaban J connectivity index is 2.96. The van der Waals surface area contributed by atoms with Crippen LogP contribution in [-0.2, 0) is 10.0 Å². The van der Waals surface area contributed by atoms with Crippen LogP contribution in [0.4, 0.5) is 0 Å². The number of alkyl halides is 1. The fraction of sp³-hybridized carbons (Fsp3) is 0.700. The van der Waals surface area contributed by atoms with Crippen molar-refractivity contribution in [1.82, 2.24) is 14.5 Å². The predicted molar refractivity (Wildman–Crippen MR) is 67.8 cm³/mol. The Morgan fingerprint density at radius 1 is 1.47 bits per heavy atom. The number of aromatic nitrogens is 2. The number of H-pyrrole nitrogens is 1. The molecule has 0 aliphatic rings. The van der Waals surface area contributed by atoms with Gasteiger partial charge >= 0.3 is 0 Å². The molecule has 1 heterocycles. The molecule has 0 amide bonds. The zero-order chi connectivity index (χ0) is 13.2. The van der Waals surface area contributed by atoms with E-state index in [9.17, 15) is 8.42 Å². The normalized spacial score (nSPS) is 14.2. The van der Waals surface area contributed by atoms with Gasteiger partial charge in [-0.2, -0.15) is 5.10 Å². The lowest BCUT2D eigenvalue weighted by Crippen LogP contribution is -2.29. The van der Waals surface area contributed by atoms with Gasteiger partial charge in [-0.3, -0.25) is 5.10 Å². The number of nitrogens with one attached hydrogen (secondary N) is 1. The van der Waals surface area contributed by atoms with Crippen molar-refractivity contribution in [1.29, 1.82) is 0 Å². The lowest BCUT2D eigenvalue weighted by molar-refractivity contribution is 0.460. The Labute approximate surface area is 107 Å². The summed E-state index contributed by atoms with van der Waals surface area (Å²) in [6.07, 6.45) is 0.618. The van der Waals surface area contributed by atoms with Crippen molar-refractivity contribution >= 4 is 21.6 Å². The maximum atomic E-state index is 12.3. The summed E-state index contributed by atoms with van der Waals surface area (Å²) in [5.74, 6) is 0. The van der Waals surface area contributed by atoms with Gasteiger partial charge in [0, 0.05) is 19.0 Å². The minimum absolute atomic E-state index is 0.0424. The molecule has 1 atom stereocenters. The summed E-state index contributed by atoms with van der Waals surface area (Å²) in [5, 5.41) is 6.54. The minimum atomic E-state index is -3.47. The van der Waals surface area contributed by atoms with E-state index in [0.29, 0.717) is 24.4 Å². The second-order valence-corrected chi connectivity index (χ2v) is 6.89. The number of rotatable bonds is 5. The van der Waals surface area contributed by atoms with E-state index in [4.69, 9.17) is 11.6 Å². The summed E-state index contributed by atoms with van der Waals surface area (Å²) in [7, 11) is -1.92. The van der Waals surface area contributed by atoms with Crippen LogP contribution >= 0.6 is 11.6 Å². The van der Waals surface area contributed by atoms with Crippen molar-refractivity contribution in [3.63, 3.8) is 0 Å². The number of hydrogen-bond acceptors (Lipinski definition) is 3. The summed E-state index contributed by atoms with van der Waals surface area (Å²) in [5.41, 5.74) is 1.06. The van der Waals surface area contributed by atoms with Gasteiger partial charge in [0.1, 0.15) is 4.90 Å². The largest absolute Gasteiger partial charge is 0.281 e. The van der Waals surface area contributed by atoms with Crippen molar-refractivity contribution in [3.05, 3.63) is 11.4 Å². The van der Waals surface area contributed by atoms with Crippen molar-refractivity contribution in [2.45, 2.75) is 37.5 Å². The monoisotopic (exact) mass is 279 g/mol. The maximum Gasteiger partial charge on any atom is 0.246 e. The number of aryl methyl sites for hydroxylation is 2. The Kier molecular flexibility index (Phi) is 4.57. The highest BCUT2D eigenvalue weighted by atomic mass is 35.5. The van der Waals surface area contributed by atoms with Gasteiger partial charge in [0.05, 0.1) is 11.4 Å². The molecule has 0 fully saturated rings. The van der Waals surface area contributed by atoms with Crippen molar-refractivity contribution in [2.24, 2.45) is 0 Å². The van der Waals surface area contributed by atoms with E-state index in [-0.39, 0.29) is 10.3 Å². The number of halogens is 1. The zero-order valence-electron chi connectivity index (χ0n) is 10.5. The second kappa shape index (κ2) is 5.37. The second-order valence-electron chi connectivity index (χ2n) is 4.16. The lowest BCUT2D eigenvalue weighted by atomic mass is 10.3. The van der Waals surface area contributed by atoms with Crippen LogP contribution in [-0.4, -0.2) is 41.9 Å². The lowest BCUT2D eigenvalue weighted by Gasteiger charge is -2.17. The third-order valence-corrected chi connectivity index (χ3v) is 4.91. The molecule has 0 bridgehead atoms. The first-order chi connectivity index (χ1) is 7.76. The average Bonchev–Trinajstić information content (AvgIpc) is 2.55. The Morgan fingerprint density at radius 3 is 2.47 bits per heavy atom. The smallest absolute Gasteiger partial charge is 0.246 e. The third kappa shape index (κ3) is 3.20. The highest BCUT2D eigenvalue weighted by Gasteiger charge is 2.26. The molecule has 1 aromatic heterocycles. The van der Waals surface area contributed by atoms with Crippen LogP contribution < -0.4 is 0 Å². The quantitative estimate of drug-likeness (QED) is 0.834. The van der Waals surface area contributed by atoms with E-state index in [2.05, 4.69) is 10.2 Å². The molecular weight excluding hydrogens is 262 g/mol. The Morgan fingerprint density at radius 2 is 2.06 bits per heavy atom. The fourth-order valence-corrected chi connectivity index (χ4v) is 3.16. The van der Waals surface area contributed by atoms with E-state index in [0.717, 1.165) is 0 Å². The number of nitrogens with zero attached hydrogens (tertiary/aromatic N) is 2. The molecule has 1 aromatic rings. The molecule has 0 aromatic carbocycles. The van der Waals surface area contributed by atoms with Crippen LogP contribution in [0.1, 0.15) is 24.7 Å². The molecule has 1 N–H and O–H groups in total. The van der Waals surface area contributed by atoms with Crippen LogP contribution in [0, 0.1) is 13.8 Å². The SMILES string of the molecule is Cc1n[nH]c(C)c1S(=O)(=O)N(C)CCC(C)Cl.